The fourth-order valence-corrected chi connectivity index (χ4v) is 2.09. The third-order valence-corrected chi connectivity index (χ3v) is 3.24. The highest BCUT2D eigenvalue weighted by molar-refractivity contribution is 4.82. The van der Waals surface area contributed by atoms with Crippen molar-refractivity contribution in [2.45, 2.75) is 84.5 Å². The van der Waals surface area contributed by atoms with Crippen LogP contribution in [0.25, 0.3) is 0 Å². The largest absolute Gasteiger partial charge is 0.198 e. The Labute approximate surface area is 102 Å². The van der Waals surface area contributed by atoms with Crippen molar-refractivity contribution in [1.29, 1.82) is 5.26 Å². The van der Waals surface area contributed by atoms with E-state index in [4.69, 9.17) is 5.26 Å². The third-order valence-electron chi connectivity index (χ3n) is 3.24. The Morgan fingerprint density at radius 1 is 0.750 bits per heavy atom. The second-order valence-corrected chi connectivity index (χ2v) is 4.88. The van der Waals surface area contributed by atoms with Gasteiger partial charge in [-0.2, -0.15) is 5.26 Å². The maximum atomic E-state index is 9.04. The van der Waals surface area contributed by atoms with Crippen LogP contribution in [0.2, 0.25) is 0 Å². The molecule has 0 aliphatic carbocycles. The molecule has 0 bridgehead atoms. The van der Waals surface area contributed by atoms with Gasteiger partial charge in [-0.3, -0.25) is 0 Å². The van der Waals surface area contributed by atoms with E-state index < -0.39 is 0 Å². The van der Waals surface area contributed by atoms with Crippen molar-refractivity contribution in [1.82, 2.24) is 0 Å². The van der Waals surface area contributed by atoms with Gasteiger partial charge in [0.05, 0.1) is 6.07 Å². The Hall–Kier alpha value is -0.510. The van der Waals surface area contributed by atoms with Crippen LogP contribution in [-0.2, 0) is 0 Å². The van der Waals surface area contributed by atoms with Gasteiger partial charge in [0, 0.05) is 5.92 Å². The van der Waals surface area contributed by atoms with Crippen LogP contribution in [0.15, 0.2) is 0 Å². The maximum Gasteiger partial charge on any atom is 0.0655 e. The molecule has 94 valence electrons. The van der Waals surface area contributed by atoms with E-state index in [9.17, 15) is 0 Å². The molecule has 0 fully saturated rings. The summed E-state index contributed by atoms with van der Waals surface area (Å²) in [5, 5.41) is 9.04. The summed E-state index contributed by atoms with van der Waals surface area (Å²) in [5.41, 5.74) is 0. The number of unbranched alkanes of at least 4 members (excludes halogenated alkanes) is 7. The van der Waals surface area contributed by atoms with Crippen LogP contribution in [-0.4, -0.2) is 0 Å². The number of hydrogen-bond donors (Lipinski definition) is 0. The predicted molar refractivity (Wildman–Crippen MR) is 71.2 cm³/mol. The quantitative estimate of drug-likeness (QED) is 0.427. The van der Waals surface area contributed by atoms with Crippen molar-refractivity contribution in [3.05, 3.63) is 0 Å². The summed E-state index contributed by atoms with van der Waals surface area (Å²) in [6, 6.07) is 2.47. The molecule has 16 heavy (non-hydrogen) atoms. The zero-order valence-corrected chi connectivity index (χ0v) is 11.3. The zero-order valence-electron chi connectivity index (χ0n) is 11.3. The van der Waals surface area contributed by atoms with Gasteiger partial charge in [-0.05, 0) is 12.8 Å². The van der Waals surface area contributed by atoms with E-state index >= 15 is 0 Å². The van der Waals surface area contributed by atoms with Gasteiger partial charge in [-0.15, -0.1) is 0 Å². The SMILES string of the molecule is CCCCCCCC(C#N)CCCCCC. The maximum absolute atomic E-state index is 9.04. The van der Waals surface area contributed by atoms with E-state index in [1.807, 2.05) is 0 Å². The molecular weight excluding hydrogens is 194 g/mol. The Balaban J connectivity index is 3.34. The van der Waals surface area contributed by atoms with Gasteiger partial charge < -0.3 is 0 Å². The summed E-state index contributed by atoms with van der Waals surface area (Å²) in [6.45, 7) is 4.47. The standard InChI is InChI=1S/C15H29N/c1-3-5-7-9-11-13-15(14-16)12-10-8-6-4-2/h15H,3-13H2,1-2H3. The van der Waals surface area contributed by atoms with Gasteiger partial charge in [0.25, 0.3) is 0 Å². The lowest BCUT2D eigenvalue weighted by Gasteiger charge is -2.08. The van der Waals surface area contributed by atoms with Crippen LogP contribution in [0.3, 0.4) is 0 Å². The van der Waals surface area contributed by atoms with Crippen LogP contribution in [0.4, 0.5) is 0 Å². The van der Waals surface area contributed by atoms with E-state index in [-0.39, 0.29) is 0 Å². The van der Waals surface area contributed by atoms with Crippen molar-refractivity contribution in [2.75, 3.05) is 0 Å². The molecule has 1 atom stereocenters. The lowest BCUT2D eigenvalue weighted by molar-refractivity contribution is 0.478. The topological polar surface area (TPSA) is 23.8 Å². The van der Waals surface area contributed by atoms with E-state index in [0.29, 0.717) is 5.92 Å². The van der Waals surface area contributed by atoms with E-state index in [0.717, 1.165) is 12.8 Å². The zero-order chi connectivity index (χ0) is 12.1. The molecule has 0 aromatic rings. The first-order chi connectivity index (χ1) is 7.85. The molecule has 0 saturated carbocycles. The molecule has 1 nitrogen and oxygen atoms in total. The van der Waals surface area contributed by atoms with Gasteiger partial charge in [0.2, 0.25) is 0 Å². The van der Waals surface area contributed by atoms with E-state index in [1.54, 1.807) is 0 Å². The fraction of sp³-hybridized carbons (Fsp3) is 0.933. The van der Waals surface area contributed by atoms with Crippen molar-refractivity contribution < 1.29 is 0 Å². The van der Waals surface area contributed by atoms with Crippen molar-refractivity contribution in [2.24, 2.45) is 5.92 Å². The van der Waals surface area contributed by atoms with E-state index in [2.05, 4.69) is 19.9 Å². The molecule has 0 amide bonds. The molecule has 0 aliphatic heterocycles. The molecule has 0 radical (unpaired) electrons. The molecule has 0 N–H and O–H groups in total. The highest BCUT2D eigenvalue weighted by atomic mass is 14.3. The van der Waals surface area contributed by atoms with Crippen molar-refractivity contribution in [3.8, 4) is 6.07 Å². The Morgan fingerprint density at radius 2 is 1.19 bits per heavy atom. The molecule has 0 aliphatic rings. The van der Waals surface area contributed by atoms with Crippen LogP contribution >= 0.6 is 0 Å². The molecular formula is C15H29N. The molecule has 0 rings (SSSR count). The highest BCUT2D eigenvalue weighted by Gasteiger charge is 2.06. The number of nitriles is 1. The first-order valence-electron chi connectivity index (χ1n) is 7.24. The Morgan fingerprint density at radius 3 is 1.62 bits per heavy atom. The summed E-state index contributed by atoms with van der Waals surface area (Å²) < 4.78 is 0. The second kappa shape index (κ2) is 12.6. The average Bonchev–Trinajstić information content (AvgIpc) is 2.31. The summed E-state index contributed by atoms with van der Waals surface area (Å²) in [4.78, 5) is 0. The second-order valence-electron chi connectivity index (χ2n) is 4.88. The third kappa shape index (κ3) is 10.0. The molecule has 0 aromatic heterocycles. The van der Waals surface area contributed by atoms with Crippen LogP contribution < -0.4 is 0 Å². The molecule has 1 unspecified atom stereocenters. The summed E-state index contributed by atoms with van der Waals surface area (Å²) >= 11 is 0. The summed E-state index contributed by atoms with van der Waals surface area (Å²) in [6.07, 6.45) is 14.0. The van der Waals surface area contributed by atoms with Gasteiger partial charge in [0.15, 0.2) is 0 Å². The Kier molecular flexibility index (Phi) is 12.2. The van der Waals surface area contributed by atoms with Crippen molar-refractivity contribution >= 4 is 0 Å². The van der Waals surface area contributed by atoms with Crippen molar-refractivity contribution in [3.63, 3.8) is 0 Å². The van der Waals surface area contributed by atoms with Gasteiger partial charge in [0.1, 0.15) is 0 Å². The first-order valence-corrected chi connectivity index (χ1v) is 7.24. The normalized spacial score (nSPS) is 12.3. The van der Waals surface area contributed by atoms with Crippen LogP contribution in [0, 0.1) is 17.2 Å². The smallest absolute Gasteiger partial charge is 0.0655 e. The van der Waals surface area contributed by atoms with Gasteiger partial charge >= 0.3 is 0 Å². The summed E-state index contributed by atoms with van der Waals surface area (Å²) in [7, 11) is 0. The molecule has 0 saturated heterocycles. The first kappa shape index (κ1) is 15.5. The molecule has 0 spiro atoms. The highest BCUT2D eigenvalue weighted by Crippen LogP contribution is 2.17. The number of rotatable bonds is 11. The molecule has 0 aromatic carbocycles. The molecule has 0 heterocycles. The fourth-order valence-electron chi connectivity index (χ4n) is 2.09. The van der Waals surface area contributed by atoms with Gasteiger partial charge in [-0.25, -0.2) is 0 Å². The minimum atomic E-state index is 0.332. The molecule has 1 heteroatoms. The summed E-state index contributed by atoms with van der Waals surface area (Å²) in [5.74, 6) is 0.332. The number of nitrogens with zero attached hydrogens (tertiary/aromatic N) is 1. The van der Waals surface area contributed by atoms with Crippen LogP contribution in [0.1, 0.15) is 84.5 Å². The lowest BCUT2D eigenvalue weighted by Crippen LogP contribution is -1.97. The Bertz CT molecular complexity index is 169. The lowest BCUT2D eigenvalue weighted by atomic mass is 9.96. The number of hydrogen-bond acceptors (Lipinski definition) is 1. The minimum absolute atomic E-state index is 0.332. The predicted octanol–water partition coefficient (Wildman–Crippen LogP) is 5.46. The minimum Gasteiger partial charge on any atom is -0.198 e. The van der Waals surface area contributed by atoms with Crippen LogP contribution in [0.5, 0.6) is 0 Å². The average molecular weight is 223 g/mol. The van der Waals surface area contributed by atoms with E-state index in [1.165, 1.54) is 57.8 Å². The van der Waals surface area contributed by atoms with Gasteiger partial charge in [-0.1, -0.05) is 71.6 Å². The monoisotopic (exact) mass is 223 g/mol.